The lowest BCUT2D eigenvalue weighted by molar-refractivity contribution is 0.0938. The first-order valence-electron chi connectivity index (χ1n) is 6.88. The van der Waals surface area contributed by atoms with Crippen LogP contribution in [0.1, 0.15) is 32.1 Å². The Morgan fingerprint density at radius 2 is 2.23 bits per heavy atom. The van der Waals surface area contributed by atoms with Crippen molar-refractivity contribution in [3.05, 3.63) is 40.7 Å². The standard InChI is InChI=1S/C15H16N4O3/c1-8-7-9(3-4-11(8)22-2)19-13-10(5-6-17-15(13)21)12(18-19)14(16)20/h3-4,7H,5-6H2,1-2H3,(H2,16,20)(H,17,21). The van der Waals surface area contributed by atoms with Crippen molar-refractivity contribution in [1.29, 1.82) is 0 Å². The van der Waals surface area contributed by atoms with Crippen molar-refractivity contribution in [3.63, 3.8) is 0 Å². The van der Waals surface area contributed by atoms with Gasteiger partial charge < -0.3 is 15.8 Å². The largest absolute Gasteiger partial charge is 0.496 e. The number of nitrogens with one attached hydrogen (secondary N) is 1. The maximum Gasteiger partial charge on any atom is 0.270 e. The van der Waals surface area contributed by atoms with Crippen LogP contribution in [0.2, 0.25) is 0 Å². The molecule has 1 aliphatic rings. The number of carbonyl (C=O) groups is 2. The van der Waals surface area contributed by atoms with E-state index in [1.807, 2.05) is 13.0 Å². The summed E-state index contributed by atoms with van der Waals surface area (Å²) in [4.78, 5) is 23.8. The van der Waals surface area contributed by atoms with Crippen molar-refractivity contribution in [3.8, 4) is 11.4 Å². The number of nitrogens with zero attached hydrogens (tertiary/aromatic N) is 2. The third-order valence-corrected chi connectivity index (χ3v) is 3.72. The Labute approximate surface area is 127 Å². The van der Waals surface area contributed by atoms with E-state index < -0.39 is 5.91 Å². The number of aryl methyl sites for hydroxylation is 1. The Morgan fingerprint density at radius 3 is 2.86 bits per heavy atom. The summed E-state index contributed by atoms with van der Waals surface area (Å²) in [5.41, 5.74) is 8.09. The van der Waals surface area contributed by atoms with Gasteiger partial charge in [-0.2, -0.15) is 5.10 Å². The molecule has 0 saturated heterocycles. The van der Waals surface area contributed by atoms with Gasteiger partial charge in [-0.3, -0.25) is 9.59 Å². The van der Waals surface area contributed by atoms with Gasteiger partial charge in [0.25, 0.3) is 11.8 Å². The van der Waals surface area contributed by atoms with Crippen molar-refractivity contribution in [2.75, 3.05) is 13.7 Å². The molecule has 0 unspecified atom stereocenters. The molecule has 0 spiro atoms. The van der Waals surface area contributed by atoms with Gasteiger partial charge in [0.1, 0.15) is 11.4 Å². The quantitative estimate of drug-likeness (QED) is 0.865. The van der Waals surface area contributed by atoms with E-state index in [1.54, 1.807) is 19.2 Å². The average Bonchev–Trinajstić information content (AvgIpc) is 2.88. The van der Waals surface area contributed by atoms with E-state index in [4.69, 9.17) is 10.5 Å². The van der Waals surface area contributed by atoms with Crippen LogP contribution >= 0.6 is 0 Å². The van der Waals surface area contributed by atoms with Gasteiger partial charge in [-0.1, -0.05) is 0 Å². The summed E-state index contributed by atoms with van der Waals surface area (Å²) in [6, 6.07) is 5.42. The summed E-state index contributed by atoms with van der Waals surface area (Å²) < 4.78 is 6.70. The molecule has 2 aromatic rings. The highest BCUT2D eigenvalue weighted by Crippen LogP contribution is 2.25. The molecule has 0 radical (unpaired) electrons. The summed E-state index contributed by atoms with van der Waals surface area (Å²) in [5, 5.41) is 7.01. The molecule has 0 fully saturated rings. The van der Waals surface area contributed by atoms with Gasteiger partial charge in [0.05, 0.1) is 12.8 Å². The zero-order valence-corrected chi connectivity index (χ0v) is 12.3. The van der Waals surface area contributed by atoms with E-state index in [2.05, 4.69) is 10.4 Å². The van der Waals surface area contributed by atoms with Gasteiger partial charge in [-0.15, -0.1) is 0 Å². The lowest BCUT2D eigenvalue weighted by atomic mass is 10.0. The summed E-state index contributed by atoms with van der Waals surface area (Å²) in [5.74, 6) is -0.144. The molecule has 2 amide bonds. The van der Waals surface area contributed by atoms with Crippen LogP contribution in [0.25, 0.3) is 5.69 Å². The molecule has 3 N–H and O–H groups in total. The third kappa shape index (κ3) is 2.11. The second kappa shape index (κ2) is 5.18. The second-order valence-electron chi connectivity index (χ2n) is 5.11. The van der Waals surface area contributed by atoms with Crippen LogP contribution in [-0.4, -0.2) is 35.2 Å². The van der Waals surface area contributed by atoms with Gasteiger partial charge in [0.15, 0.2) is 5.69 Å². The molecule has 1 aromatic carbocycles. The monoisotopic (exact) mass is 300 g/mol. The molecule has 0 bridgehead atoms. The smallest absolute Gasteiger partial charge is 0.270 e. The van der Waals surface area contributed by atoms with Crippen molar-refractivity contribution in [2.45, 2.75) is 13.3 Å². The number of rotatable bonds is 3. The number of aromatic nitrogens is 2. The number of primary amides is 1. The minimum absolute atomic E-state index is 0.151. The highest BCUT2D eigenvalue weighted by Gasteiger charge is 2.29. The fourth-order valence-corrected chi connectivity index (χ4v) is 2.68. The van der Waals surface area contributed by atoms with Crippen LogP contribution in [-0.2, 0) is 6.42 Å². The van der Waals surface area contributed by atoms with Crippen LogP contribution in [0.5, 0.6) is 5.75 Å². The lowest BCUT2D eigenvalue weighted by Crippen LogP contribution is -2.33. The van der Waals surface area contributed by atoms with E-state index >= 15 is 0 Å². The molecule has 0 atom stereocenters. The number of nitrogens with two attached hydrogens (primary N) is 1. The Kier molecular flexibility index (Phi) is 3.32. The maximum atomic E-state index is 12.2. The molecule has 7 heteroatoms. The molecule has 22 heavy (non-hydrogen) atoms. The number of hydrogen-bond donors (Lipinski definition) is 2. The number of benzene rings is 1. The highest BCUT2D eigenvalue weighted by molar-refractivity contribution is 6.01. The lowest BCUT2D eigenvalue weighted by Gasteiger charge is -2.15. The highest BCUT2D eigenvalue weighted by atomic mass is 16.5. The zero-order valence-electron chi connectivity index (χ0n) is 12.3. The minimum atomic E-state index is -0.630. The molecule has 114 valence electrons. The number of methoxy groups -OCH3 is 1. The third-order valence-electron chi connectivity index (χ3n) is 3.72. The number of hydrogen-bond acceptors (Lipinski definition) is 4. The first-order valence-corrected chi connectivity index (χ1v) is 6.88. The number of carbonyl (C=O) groups excluding carboxylic acids is 2. The topological polar surface area (TPSA) is 99.2 Å². The number of fused-ring (bicyclic) bond motifs is 1. The van der Waals surface area contributed by atoms with Crippen molar-refractivity contribution in [1.82, 2.24) is 15.1 Å². The van der Waals surface area contributed by atoms with Gasteiger partial charge in [-0.25, -0.2) is 4.68 Å². The molecule has 7 nitrogen and oxygen atoms in total. The molecule has 0 saturated carbocycles. The maximum absolute atomic E-state index is 12.2. The summed E-state index contributed by atoms with van der Waals surface area (Å²) in [6.45, 7) is 2.37. The second-order valence-corrected chi connectivity index (χ2v) is 5.11. The predicted molar refractivity (Wildman–Crippen MR) is 79.4 cm³/mol. The Hall–Kier alpha value is -2.83. The summed E-state index contributed by atoms with van der Waals surface area (Å²) in [7, 11) is 1.59. The van der Waals surface area contributed by atoms with Crippen molar-refractivity contribution >= 4 is 11.8 Å². The summed E-state index contributed by atoms with van der Waals surface area (Å²) >= 11 is 0. The normalized spacial score (nSPS) is 13.5. The molecule has 0 aliphatic carbocycles. The van der Waals surface area contributed by atoms with E-state index in [1.165, 1.54) is 4.68 Å². The SMILES string of the molecule is COc1ccc(-n2nc(C(N)=O)c3c2C(=O)NCC3)cc1C. The van der Waals surface area contributed by atoms with E-state index in [9.17, 15) is 9.59 Å². The first-order chi connectivity index (χ1) is 10.5. The first kappa shape index (κ1) is 14.1. The average molecular weight is 300 g/mol. The predicted octanol–water partition coefficient (Wildman–Crippen LogP) is 0.574. The van der Waals surface area contributed by atoms with Crippen molar-refractivity contribution < 1.29 is 14.3 Å². The molecule has 1 aliphatic heterocycles. The molecular weight excluding hydrogens is 284 g/mol. The van der Waals surface area contributed by atoms with E-state index in [0.717, 1.165) is 11.3 Å². The van der Waals surface area contributed by atoms with Crippen LogP contribution in [0.4, 0.5) is 0 Å². The fraction of sp³-hybridized carbons (Fsp3) is 0.267. The molecule has 2 heterocycles. The van der Waals surface area contributed by atoms with Gasteiger partial charge in [0, 0.05) is 12.1 Å². The Balaban J connectivity index is 2.21. The fourth-order valence-electron chi connectivity index (χ4n) is 2.68. The molecule has 3 rings (SSSR count). The molecular formula is C15H16N4O3. The van der Waals surface area contributed by atoms with Crippen LogP contribution < -0.4 is 15.8 Å². The Bertz CT molecular complexity index is 779. The molecule has 1 aromatic heterocycles. The number of amides is 2. The zero-order chi connectivity index (χ0) is 15.9. The van der Waals surface area contributed by atoms with Gasteiger partial charge >= 0.3 is 0 Å². The van der Waals surface area contributed by atoms with Gasteiger partial charge in [0.2, 0.25) is 0 Å². The summed E-state index contributed by atoms with van der Waals surface area (Å²) in [6.07, 6.45) is 0.536. The van der Waals surface area contributed by atoms with Crippen LogP contribution in [0, 0.1) is 6.92 Å². The van der Waals surface area contributed by atoms with Gasteiger partial charge in [-0.05, 0) is 37.1 Å². The van der Waals surface area contributed by atoms with Crippen molar-refractivity contribution in [2.24, 2.45) is 5.73 Å². The number of ether oxygens (including phenoxy) is 1. The van der Waals surface area contributed by atoms with E-state index in [-0.39, 0.29) is 11.6 Å². The Morgan fingerprint density at radius 1 is 1.45 bits per heavy atom. The van der Waals surface area contributed by atoms with Crippen LogP contribution in [0.3, 0.4) is 0 Å². The minimum Gasteiger partial charge on any atom is -0.496 e. The van der Waals surface area contributed by atoms with Crippen LogP contribution in [0.15, 0.2) is 18.2 Å². The van der Waals surface area contributed by atoms with E-state index in [0.29, 0.717) is 29.9 Å².